The average molecular weight is 431 g/mol. The lowest BCUT2D eigenvalue weighted by Gasteiger charge is -2.07. The van der Waals surface area contributed by atoms with Gasteiger partial charge in [0, 0.05) is 11.4 Å². The fraction of sp³-hybridized carbons (Fsp3) is 0.235. The van der Waals surface area contributed by atoms with Gasteiger partial charge in [0.1, 0.15) is 17.1 Å². The summed E-state index contributed by atoms with van der Waals surface area (Å²) in [5, 5.41) is 5.56. The number of H-pyrrole nitrogens is 1. The van der Waals surface area contributed by atoms with Crippen molar-refractivity contribution in [1.29, 1.82) is 0 Å². The molecule has 6 nitrogen and oxygen atoms in total. The van der Waals surface area contributed by atoms with Crippen molar-refractivity contribution in [3.05, 3.63) is 52.5 Å². The van der Waals surface area contributed by atoms with E-state index in [4.69, 9.17) is 4.74 Å². The largest absolute Gasteiger partial charge is 0.497 e. The maximum Gasteiger partial charge on any atom is 0.432 e. The topological polar surface area (TPSA) is 84.1 Å². The Balaban J connectivity index is 1.82. The minimum atomic E-state index is -4.55. The Morgan fingerprint density at radius 2 is 2.00 bits per heavy atom. The van der Waals surface area contributed by atoms with E-state index >= 15 is 0 Å². The maximum atomic E-state index is 12.7. The number of aryl methyl sites for hydroxylation is 1. The molecule has 3 aromatic rings. The van der Waals surface area contributed by atoms with Gasteiger partial charge in [-0.05, 0) is 36.8 Å². The minimum Gasteiger partial charge on any atom is -0.497 e. The van der Waals surface area contributed by atoms with Crippen molar-refractivity contribution < 1.29 is 26.3 Å². The molecule has 0 aliphatic heterocycles. The van der Waals surface area contributed by atoms with Gasteiger partial charge in [-0.2, -0.15) is 18.3 Å². The summed E-state index contributed by atoms with van der Waals surface area (Å²) in [6, 6.07) is 9.12. The normalized spacial score (nSPS) is 12.3. The molecule has 1 aromatic carbocycles. The number of aromatic amines is 1. The molecule has 28 heavy (non-hydrogen) atoms. The van der Waals surface area contributed by atoms with Crippen LogP contribution in [0, 0.1) is 6.92 Å². The lowest BCUT2D eigenvalue weighted by molar-refractivity contribution is -0.141. The quantitative estimate of drug-likeness (QED) is 0.619. The third-order valence-electron chi connectivity index (χ3n) is 3.90. The van der Waals surface area contributed by atoms with Crippen LogP contribution in [0.1, 0.15) is 16.1 Å². The molecule has 2 aromatic heterocycles. The number of nitrogens with one attached hydrogen (secondary N) is 2. The number of benzene rings is 1. The molecule has 0 saturated carbocycles. The summed E-state index contributed by atoms with van der Waals surface area (Å²) in [4.78, 5) is 0.780. The number of rotatable bonds is 6. The number of methoxy groups -OCH3 is 1. The van der Waals surface area contributed by atoms with E-state index in [1.165, 1.54) is 13.2 Å². The third kappa shape index (κ3) is 4.37. The van der Waals surface area contributed by atoms with Crippen LogP contribution in [0.4, 0.5) is 13.2 Å². The number of halogens is 3. The molecule has 3 rings (SSSR count). The fourth-order valence-corrected chi connectivity index (χ4v) is 5.06. The first kappa shape index (κ1) is 20.4. The highest BCUT2D eigenvalue weighted by Crippen LogP contribution is 2.35. The van der Waals surface area contributed by atoms with E-state index < -0.39 is 21.9 Å². The zero-order chi connectivity index (χ0) is 20.5. The zero-order valence-corrected chi connectivity index (χ0v) is 16.4. The number of hydrogen-bond acceptors (Lipinski definition) is 5. The summed E-state index contributed by atoms with van der Waals surface area (Å²) < 4.78 is 71.1. The third-order valence-corrected chi connectivity index (χ3v) is 6.63. The number of ether oxygens (including phenoxy) is 1. The second-order valence-electron chi connectivity index (χ2n) is 5.87. The highest BCUT2D eigenvalue weighted by molar-refractivity contribution is 7.89. The Bertz CT molecular complexity index is 1090. The fourth-order valence-electron chi connectivity index (χ4n) is 2.49. The standard InChI is InChI=1S/C17H16F3N3O3S2/c1-10-15(8-14(27-10)13-7-16(23-22-13)17(18,19)20)28(24,25)21-9-11-4-3-5-12(6-11)26-2/h3-8,21H,9H2,1-2H3,(H,22,23). The molecule has 2 heterocycles. The second kappa shape index (κ2) is 7.57. The monoisotopic (exact) mass is 431 g/mol. The van der Waals surface area contributed by atoms with E-state index in [2.05, 4.69) is 9.82 Å². The Hall–Kier alpha value is -2.37. The summed E-state index contributed by atoms with van der Waals surface area (Å²) in [6.07, 6.45) is -4.55. The van der Waals surface area contributed by atoms with Gasteiger partial charge in [0.15, 0.2) is 0 Å². The summed E-state index contributed by atoms with van der Waals surface area (Å²) in [5.41, 5.74) is -0.248. The molecule has 2 N–H and O–H groups in total. The minimum absolute atomic E-state index is 0.00644. The maximum absolute atomic E-state index is 12.7. The van der Waals surface area contributed by atoms with Crippen molar-refractivity contribution in [3.63, 3.8) is 0 Å². The van der Waals surface area contributed by atoms with Crippen LogP contribution < -0.4 is 9.46 Å². The molecule has 0 saturated heterocycles. The highest BCUT2D eigenvalue weighted by atomic mass is 32.2. The predicted octanol–water partition coefficient (Wildman–Crippen LogP) is 3.95. The number of hydrogen-bond donors (Lipinski definition) is 2. The van der Waals surface area contributed by atoms with E-state index in [1.54, 1.807) is 31.2 Å². The van der Waals surface area contributed by atoms with Crippen LogP contribution in [0.5, 0.6) is 5.75 Å². The van der Waals surface area contributed by atoms with Crippen molar-refractivity contribution in [2.45, 2.75) is 24.5 Å². The number of nitrogens with zero attached hydrogens (tertiary/aromatic N) is 1. The second-order valence-corrected chi connectivity index (χ2v) is 8.86. The Labute approximate surface area is 163 Å². The predicted molar refractivity (Wildman–Crippen MR) is 98.7 cm³/mol. The van der Waals surface area contributed by atoms with Crippen molar-refractivity contribution in [2.24, 2.45) is 0 Å². The van der Waals surface area contributed by atoms with Crippen LogP contribution in [0.25, 0.3) is 10.6 Å². The smallest absolute Gasteiger partial charge is 0.432 e. The van der Waals surface area contributed by atoms with E-state index in [1.807, 2.05) is 5.10 Å². The van der Waals surface area contributed by atoms with Gasteiger partial charge in [0.05, 0.1) is 16.9 Å². The number of sulfonamides is 1. The van der Waals surface area contributed by atoms with Crippen molar-refractivity contribution >= 4 is 21.4 Å². The first-order valence-electron chi connectivity index (χ1n) is 7.96. The molecule has 150 valence electrons. The van der Waals surface area contributed by atoms with Crippen LogP contribution in [0.3, 0.4) is 0 Å². The molecule has 0 spiro atoms. The molecular formula is C17H16F3N3O3S2. The van der Waals surface area contributed by atoms with Crippen LogP contribution in [0.2, 0.25) is 0 Å². The van der Waals surface area contributed by atoms with Crippen molar-refractivity contribution in [2.75, 3.05) is 7.11 Å². The molecule has 0 atom stereocenters. The van der Waals surface area contributed by atoms with Crippen molar-refractivity contribution in [3.8, 4) is 16.3 Å². The molecule has 0 fully saturated rings. The first-order chi connectivity index (χ1) is 13.1. The molecular weight excluding hydrogens is 415 g/mol. The van der Waals surface area contributed by atoms with Crippen LogP contribution in [-0.2, 0) is 22.7 Å². The van der Waals surface area contributed by atoms with E-state index in [9.17, 15) is 21.6 Å². The van der Waals surface area contributed by atoms with Crippen molar-refractivity contribution in [1.82, 2.24) is 14.9 Å². The summed E-state index contributed by atoms with van der Waals surface area (Å²) in [6.45, 7) is 1.64. The van der Waals surface area contributed by atoms with E-state index in [0.29, 0.717) is 21.1 Å². The van der Waals surface area contributed by atoms with Crippen LogP contribution >= 0.6 is 11.3 Å². The highest BCUT2D eigenvalue weighted by Gasteiger charge is 2.33. The lowest BCUT2D eigenvalue weighted by atomic mass is 10.2. The Morgan fingerprint density at radius 3 is 2.64 bits per heavy atom. The van der Waals surface area contributed by atoms with Gasteiger partial charge in [-0.25, -0.2) is 13.1 Å². The SMILES string of the molecule is COc1cccc(CNS(=O)(=O)c2cc(-c3cc(C(F)(F)F)[nH]n3)sc2C)c1. The van der Waals surface area contributed by atoms with Gasteiger partial charge in [-0.1, -0.05) is 12.1 Å². The molecule has 0 amide bonds. The molecule has 0 bridgehead atoms. The van der Waals surface area contributed by atoms with Gasteiger partial charge in [-0.15, -0.1) is 11.3 Å². The number of thiophene rings is 1. The summed E-state index contributed by atoms with van der Waals surface area (Å²) >= 11 is 1.06. The lowest BCUT2D eigenvalue weighted by Crippen LogP contribution is -2.23. The zero-order valence-electron chi connectivity index (χ0n) is 14.8. The Kier molecular flexibility index (Phi) is 5.50. The van der Waals surface area contributed by atoms with E-state index in [-0.39, 0.29) is 17.1 Å². The molecule has 11 heteroatoms. The van der Waals surface area contributed by atoms with Gasteiger partial charge in [0.25, 0.3) is 0 Å². The van der Waals surface area contributed by atoms with Gasteiger partial charge in [0.2, 0.25) is 10.0 Å². The van der Waals surface area contributed by atoms with Gasteiger partial charge < -0.3 is 4.74 Å². The van der Waals surface area contributed by atoms with E-state index in [0.717, 1.165) is 17.4 Å². The number of alkyl halides is 3. The first-order valence-corrected chi connectivity index (χ1v) is 10.3. The summed E-state index contributed by atoms with van der Waals surface area (Å²) in [5.74, 6) is 0.602. The van der Waals surface area contributed by atoms with Crippen LogP contribution in [-0.4, -0.2) is 25.7 Å². The molecule has 0 unspecified atom stereocenters. The number of aromatic nitrogens is 2. The average Bonchev–Trinajstić information content (AvgIpc) is 3.27. The Morgan fingerprint density at radius 1 is 1.25 bits per heavy atom. The molecule has 0 radical (unpaired) electrons. The van der Waals surface area contributed by atoms with Crippen LogP contribution in [0.15, 0.2) is 41.3 Å². The van der Waals surface area contributed by atoms with Gasteiger partial charge >= 0.3 is 6.18 Å². The summed E-state index contributed by atoms with van der Waals surface area (Å²) in [7, 11) is -2.35. The molecule has 0 aliphatic rings. The molecule has 0 aliphatic carbocycles. The van der Waals surface area contributed by atoms with Gasteiger partial charge in [-0.3, -0.25) is 5.10 Å².